The molecule has 0 atom stereocenters. The highest BCUT2D eigenvalue weighted by atomic mass is 79.9. The topological polar surface area (TPSA) is 93.0 Å². The van der Waals surface area contributed by atoms with Crippen molar-refractivity contribution >= 4 is 32.8 Å². The van der Waals surface area contributed by atoms with Gasteiger partial charge in [0.25, 0.3) is 5.91 Å². The van der Waals surface area contributed by atoms with Crippen molar-refractivity contribution in [1.29, 1.82) is 0 Å². The van der Waals surface area contributed by atoms with E-state index in [-0.39, 0.29) is 18.2 Å². The quantitative estimate of drug-likeness (QED) is 0.504. The van der Waals surface area contributed by atoms with Crippen LogP contribution in [0.5, 0.6) is 5.75 Å². The predicted molar refractivity (Wildman–Crippen MR) is 103 cm³/mol. The Morgan fingerprint density at radius 1 is 1.26 bits per heavy atom. The van der Waals surface area contributed by atoms with Gasteiger partial charge in [-0.2, -0.15) is 5.10 Å². The first-order valence-electron chi connectivity index (χ1n) is 8.16. The number of H-pyrrole nitrogens is 1. The molecule has 2 N–H and O–H groups in total. The maximum Gasteiger partial charge on any atom is 0.287 e. The predicted octanol–water partition coefficient (Wildman–Crippen LogP) is 3.92. The number of ether oxygens (including phenoxy) is 1. The van der Waals surface area contributed by atoms with Gasteiger partial charge in [0.05, 0.1) is 18.1 Å². The Kier molecular flexibility index (Phi) is 4.64. The molecule has 0 aliphatic carbocycles. The molecule has 0 radical (unpaired) electrons. The molecular weight excluding hydrogens is 412 g/mol. The molecule has 1 amide bonds. The van der Waals surface area contributed by atoms with Crippen molar-refractivity contribution < 1.29 is 13.9 Å². The van der Waals surface area contributed by atoms with E-state index in [1.54, 1.807) is 13.2 Å². The Balaban J connectivity index is 1.44. The molecule has 0 aliphatic heterocycles. The van der Waals surface area contributed by atoms with Crippen molar-refractivity contribution in [1.82, 2.24) is 20.5 Å². The van der Waals surface area contributed by atoms with E-state index in [1.807, 2.05) is 42.5 Å². The zero-order valence-corrected chi connectivity index (χ0v) is 15.9. The number of hydrogen-bond acceptors (Lipinski definition) is 5. The van der Waals surface area contributed by atoms with Crippen LogP contribution in [0.1, 0.15) is 16.4 Å². The summed E-state index contributed by atoms with van der Waals surface area (Å²) in [7, 11) is 1.61. The number of benzene rings is 2. The van der Waals surface area contributed by atoms with Gasteiger partial charge in [0.15, 0.2) is 11.6 Å². The summed E-state index contributed by atoms with van der Waals surface area (Å²) < 4.78 is 11.6. The first kappa shape index (κ1) is 17.3. The zero-order chi connectivity index (χ0) is 18.8. The first-order chi connectivity index (χ1) is 13.1. The lowest BCUT2D eigenvalue weighted by atomic mass is 10.2. The third-order valence-electron chi connectivity index (χ3n) is 4.02. The number of para-hydroxylation sites is 1. The molecule has 27 heavy (non-hydrogen) atoms. The minimum Gasteiger partial charge on any atom is -0.497 e. The van der Waals surface area contributed by atoms with Gasteiger partial charge in [0.1, 0.15) is 17.2 Å². The van der Waals surface area contributed by atoms with E-state index < -0.39 is 0 Å². The molecule has 7 nitrogen and oxygen atoms in total. The first-order valence-corrected chi connectivity index (χ1v) is 8.95. The fourth-order valence-electron chi connectivity index (χ4n) is 2.63. The number of hydrogen-bond donors (Lipinski definition) is 2. The molecule has 4 rings (SSSR count). The number of aromatic nitrogens is 3. The number of methoxy groups -OCH3 is 1. The molecule has 0 spiro atoms. The Morgan fingerprint density at radius 3 is 2.81 bits per heavy atom. The number of nitrogens with zero attached hydrogens (tertiary/aromatic N) is 2. The van der Waals surface area contributed by atoms with Crippen LogP contribution >= 0.6 is 15.9 Å². The van der Waals surface area contributed by atoms with Crippen LogP contribution in [0.25, 0.3) is 22.4 Å². The average Bonchev–Trinajstić information content (AvgIpc) is 3.34. The lowest BCUT2D eigenvalue weighted by Gasteiger charge is -2.00. The standard InChI is InChI=1S/C19H15BrN4O3/c1-26-13-7-5-11(6-8-13)18-22-16(23-24-18)10-21-19(25)15-9-12-3-2-4-14(20)17(12)27-15/h2-9H,10H2,1H3,(H,21,25)(H,22,23,24). The molecule has 136 valence electrons. The van der Waals surface area contributed by atoms with E-state index in [0.29, 0.717) is 17.2 Å². The number of fused-ring (bicyclic) bond motifs is 1. The fraction of sp³-hybridized carbons (Fsp3) is 0.105. The van der Waals surface area contributed by atoms with E-state index >= 15 is 0 Å². The van der Waals surface area contributed by atoms with Gasteiger partial charge in [-0.25, -0.2) is 4.98 Å². The van der Waals surface area contributed by atoms with Crippen molar-refractivity contribution in [3.63, 3.8) is 0 Å². The number of carbonyl (C=O) groups excluding carboxylic acids is 1. The van der Waals surface area contributed by atoms with Crippen LogP contribution in [0.3, 0.4) is 0 Å². The molecule has 0 fully saturated rings. The molecule has 4 aromatic rings. The second kappa shape index (κ2) is 7.24. The molecule has 0 aliphatic rings. The number of carbonyl (C=O) groups is 1. The highest BCUT2D eigenvalue weighted by molar-refractivity contribution is 9.10. The minimum atomic E-state index is -0.319. The summed E-state index contributed by atoms with van der Waals surface area (Å²) in [6, 6.07) is 14.8. The average molecular weight is 427 g/mol. The zero-order valence-electron chi connectivity index (χ0n) is 14.3. The Morgan fingerprint density at radius 2 is 2.07 bits per heavy atom. The highest BCUT2D eigenvalue weighted by Crippen LogP contribution is 2.27. The van der Waals surface area contributed by atoms with Gasteiger partial charge in [0, 0.05) is 10.9 Å². The van der Waals surface area contributed by atoms with Crippen LogP contribution in [-0.2, 0) is 6.54 Å². The van der Waals surface area contributed by atoms with Gasteiger partial charge in [-0.3, -0.25) is 9.89 Å². The second-order valence-electron chi connectivity index (χ2n) is 5.79. The van der Waals surface area contributed by atoms with Gasteiger partial charge in [-0.15, -0.1) is 0 Å². The molecule has 0 saturated heterocycles. The van der Waals surface area contributed by atoms with Crippen LogP contribution in [0, 0.1) is 0 Å². The summed E-state index contributed by atoms with van der Waals surface area (Å²) in [6.07, 6.45) is 0. The Hall–Kier alpha value is -3.13. The second-order valence-corrected chi connectivity index (χ2v) is 6.64. The normalized spacial score (nSPS) is 10.9. The molecule has 0 bridgehead atoms. The highest BCUT2D eigenvalue weighted by Gasteiger charge is 2.14. The maximum atomic E-state index is 12.4. The largest absolute Gasteiger partial charge is 0.497 e. The van der Waals surface area contributed by atoms with Gasteiger partial charge in [-0.05, 0) is 52.3 Å². The molecule has 0 unspecified atom stereocenters. The van der Waals surface area contributed by atoms with Crippen LogP contribution in [0.15, 0.2) is 57.4 Å². The number of furan rings is 1. The lowest BCUT2D eigenvalue weighted by molar-refractivity contribution is 0.0924. The van der Waals surface area contributed by atoms with Crippen LogP contribution in [0.4, 0.5) is 0 Å². The summed E-state index contributed by atoms with van der Waals surface area (Å²) in [5.41, 5.74) is 1.50. The van der Waals surface area contributed by atoms with Crippen molar-refractivity contribution in [2.45, 2.75) is 6.54 Å². The number of amides is 1. The van der Waals surface area contributed by atoms with Crippen LogP contribution in [0.2, 0.25) is 0 Å². The van der Waals surface area contributed by atoms with E-state index in [4.69, 9.17) is 9.15 Å². The van der Waals surface area contributed by atoms with Crippen LogP contribution in [-0.4, -0.2) is 28.2 Å². The van der Waals surface area contributed by atoms with Gasteiger partial charge in [0.2, 0.25) is 0 Å². The summed E-state index contributed by atoms with van der Waals surface area (Å²) >= 11 is 3.41. The minimum absolute atomic E-state index is 0.209. The van der Waals surface area contributed by atoms with Crippen LogP contribution < -0.4 is 10.1 Å². The molecule has 0 saturated carbocycles. The van der Waals surface area contributed by atoms with E-state index in [9.17, 15) is 4.79 Å². The fourth-order valence-corrected chi connectivity index (χ4v) is 3.10. The lowest BCUT2D eigenvalue weighted by Crippen LogP contribution is -2.22. The summed E-state index contributed by atoms with van der Waals surface area (Å²) in [5, 5.41) is 10.6. The molecule has 8 heteroatoms. The molecular formula is C19H15BrN4O3. The van der Waals surface area contributed by atoms with Gasteiger partial charge in [-0.1, -0.05) is 12.1 Å². The Bertz CT molecular complexity index is 1100. The Labute approximate surface area is 162 Å². The summed E-state index contributed by atoms with van der Waals surface area (Å²) in [5.74, 6) is 1.78. The van der Waals surface area contributed by atoms with E-state index in [1.165, 1.54) is 0 Å². The number of halogens is 1. The van der Waals surface area contributed by atoms with Crippen molar-refractivity contribution in [3.8, 4) is 17.1 Å². The third kappa shape index (κ3) is 3.56. The molecule has 2 aromatic heterocycles. The number of rotatable bonds is 5. The van der Waals surface area contributed by atoms with Crippen molar-refractivity contribution in [2.75, 3.05) is 7.11 Å². The monoisotopic (exact) mass is 426 g/mol. The summed E-state index contributed by atoms with van der Waals surface area (Å²) in [6.45, 7) is 0.209. The molecule has 2 heterocycles. The number of aromatic amines is 1. The number of nitrogens with one attached hydrogen (secondary N) is 2. The molecule has 2 aromatic carbocycles. The SMILES string of the molecule is COc1ccc(-c2n[nH]c(CNC(=O)c3cc4cccc(Br)c4o3)n2)cc1. The summed E-state index contributed by atoms with van der Waals surface area (Å²) in [4.78, 5) is 16.7. The third-order valence-corrected chi connectivity index (χ3v) is 4.64. The van der Waals surface area contributed by atoms with Crippen molar-refractivity contribution in [2.24, 2.45) is 0 Å². The van der Waals surface area contributed by atoms with Gasteiger partial charge >= 0.3 is 0 Å². The van der Waals surface area contributed by atoms with Crippen molar-refractivity contribution in [3.05, 3.63) is 64.6 Å². The maximum absolute atomic E-state index is 12.4. The van der Waals surface area contributed by atoms with E-state index in [2.05, 4.69) is 36.4 Å². The smallest absolute Gasteiger partial charge is 0.287 e. The van der Waals surface area contributed by atoms with E-state index in [0.717, 1.165) is 21.2 Å². The van der Waals surface area contributed by atoms with Gasteiger partial charge < -0.3 is 14.5 Å².